The Morgan fingerprint density at radius 1 is 1.78 bits per heavy atom. The van der Waals surface area contributed by atoms with Gasteiger partial charge in [0, 0.05) is 0 Å². The van der Waals surface area contributed by atoms with Crippen LogP contribution in [-0.2, 0) is 10.0 Å². The first kappa shape index (κ1) is 9.19. The van der Waals surface area contributed by atoms with Gasteiger partial charge in [-0.3, -0.25) is 4.72 Å². The van der Waals surface area contributed by atoms with E-state index in [0.717, 1.165) is 0 Å². The van der Waals surface area contributed by atoms with Crippen LogP contribution in [0, 0.1) is 0 Å². The highest BCUT2D eigenvalue weighted by Gasteiger charge is 2.04. The van der Waals surface area contributed by atoms with Crippen LogP contribution < -0.4 is 4.72 Å². The highest BCUT2D eigenvalue weighted by molar-refractivity contribution is 8.12. The monoisotopic (exact) mass is 185 g/mol. The summed E-state index contributed by atoms with van der Waals surface area (Å²) in [5, 5.41) is 0. The number of thiol groups is 1. The van der Waals surface area contributed by atoms with Gasteiger partial charge in [0.25, 0.3) is 0 Å². The Bertz CT molecular complexity index is 195. The molecule has 0 aromatic carbocycles. The van der Waals surface area contributed by atoms with E-state index in [4.69, 9.17) is 0 Å². The van der Waals surface area contributed by atoms with Crippen molar-refractivity contribution in [2.75, 3.05) is 5.75 Å². The predicted molar refractivity (Wildman–Crippen MR) is 44.2 cm³/mol. The zero-order valence-electron chi connectivity index (χ0n) is 4.79. The lowest BCUT2D eigenvalue weighted by atomic mass is 11.0. The van der Waals surface area contributed by atoms with Gasteiger partial charge in [0.1, 0.15) is 4.32 Å². The van der Waals surface area contributed by atoms with E-state index >= 15 is 0 Å². The van der Waals surface area contributed by atoms with Crippen LogP contribution in [0.25, 0.3) is 0 Å². The molecule has 0 fully saturated rings. The van der Waals surface area contributed by atoms with Crippen molar-refractivity contribution in [3.05, 3.63) is 0 Å². The van der Waals surface area contributed by atoms with Crippen molar-refractivity contribution in [1.82, 2.24) is 4.72 Å². The number of hydrogen-bond donors (Lipinski definition) is 2. The molecule has 0 rings (SSSR count). The van der Waals surface area contributed by atoms with E-state index < -0.39 is 10.0 Å². The average molecular weight is 185 g/mol. The van der Waals surface area contributed by atoms with Gasteiger partial charge >= 0.3 is 0 Å². The van der Waals surface area contributed by atoms with Crippen LogP contribution in [-0.4, -0.2) is 18.5 Å². The molecule has 0 unspecified atom stereocenters. The van der Waals surface area contributed by atoms with Gasteiger partial charge in [-0.25, -0.2) is 8.42 Å². The van der Waals surface area contributed by atoms with Gasteiger partial charge in [0.15, 0.2) is 0 Å². The van der Waals surface area contributed by atoms with Crippen LogP contribution in [0.4, 0.5) is 0 Å². The standard InChI is InChI=1S/C3H7NO2S3/c1-2-9(5,6)4-3(7)8/h2H2,1H3,(H2,4,7,8). The smallest absolute Gasteiger partial charge is 0.233 e. The van der Waals surface area contributed by atoms with E-state index in [2.05, 4.69) is 24.8 Å². The van der Waals surface area contributed by atoms with Crippen molar-refractivity contribution in [3.8, 4) is 0 Å². The van der Waals surface area contributed by atoms with Crippen molar-refractivity contribution < 1.29 is 8.42 Å². The van der Waals surface area contributed by atoms with Gasteiger partial charge in [-0.05, 0) is 6.92 Å². The third kappa shape index (κ3) is 4.68. The van der Waals surface area contributed by atoms with Crippen LogP contribution in [0.1, 0.15) is 6.92 Å². The van der Waals surface area contributed by atoms with Gasteiger partial charge in [0.05, 0.1) is 5.75 Å². The first-order valence-electron chi connectivity index (χ1n) is 2.21. The summed E-state index contributed by atoms with van der Waals surface area (Å²) >= 11 is 7.97. The minimum atomic E-state index is -3.19. The van der Waals surface area contributed by atoms with E-state index in [1.165, 1.54) is 6.92 Å². The summed E-state index contributed by atoms with van der Waals surface area (Å²) in [6.07, 6.45) is 0. The van der Waals surface area contributed by atoms with Gasteiger partial charge < -0.3 is 0 Å². The third-order valence-corrected chi connectivity index (χ3v) is 2.39. The topological polar surface area (TPSA) is 46.2 Å². The molecule has 0 radical (unpaired) electrons. The predicted octanol–water partition coefficient (Wildman–Crippen LogP) is 0.140. The maximum Gasteiger partial charge on any atom is 0.233 e. The maximum absolute atomic E-state index is 10.6. The first-order valence-corrected chi connectivity index (χ1v) is 4.72. The molecule has 0 aliphatic carbocycles. The fourth-order valence-electron chi connectivity index (χ4n) is 0.205. The SMILES string of the molecule is CCS(=O)(=O)NC(=S)S. The number of rotatable bonds is 2. The van der Waals surface area contributed by atoms with Crippen molar-refractivity contribution in [3.63, 3.8) is 0 Å². The van der Waals surface area contributed by atoms with Crippen molar-refractivity contribution in [2.45, 2.75) is 6.92 Å². The van der Waals surface area contributed by atoms with E-state index in [1.807, 2.05) is 4.72 Å². The van der Waals surface area contributed by atoms with E-state index in [-0.39, 0.29) is 10.1 Å². The van der Waals surface area contributed by atoms with Crippen LogP contribution >= 0.6 is 24.8 Å². The maximum atomic E-state index is 10.6. The molecule has 0 aliphatic heterocycles. The van der Waals surface area contributed by atoms with E-state index in [0.29, 0.717) is 0 Å². The molecule has 0 aliphatic rings. The summed E-state index contributed by atoms with van der Waals surface area (Å²) in [7, 11) is -3.19. The zero-order valence-corrected chi connectivity index (χ0v) is 7.31. The molecule has 0 aromatic rings. The average Bonchev–Trinajstić information content (AvgIpc) is 1.63. The minimum Gasteiger partial charge on any atom is -0.269 e. The molecule has 0 bridgehead atoms. The summed E-state index contributed by atoms with van der Waals surface area (Å²) in [5.41, 5.74) is 0. The molecule has 9 heavy (non-hydrogen) atoms. The Labute approximate surface area is 65.3 Å². The molecule has 1 N–H and O–H groups in total. The fraction of sp³-hybridized carbons (Fsp3) is 0.667. The number of thiocarbonyl (C=S) groups is 1. The Kier molecular flexibility index (Phi) is 3.45. The van der Waals surface area contributed by atoms with Crippen LogP contribution in [0.2, 0.25) is 0 Å². The summed E-state index contributed by atoms with van der Waals surface area (Å²) in [6.45, 7) is 1.52. The molecule has 0 atom stereocenters. The lowest BCUT2D eigenvalue weighted by molar-refractivity contribution is 0.594. The van der Waals surface area contributed by atoms with Crippen molar-refractivity contribution in [1.29, 1.82) is 0 Å². The molecule has 0 spiro atoms. The van der Waals surface area contributed by atoms with Gasteiger partial charge in [-0.2, -0.15) is 0 Å². The molecule has 0 amide bonds. The molecular weight excluding hydrogens is 178 g/mol. The Morgan fingerprint density at radius 3 is 2.33 bits per heavy atom. The Hall–Kier alpha value is 0.190. The van der Waals surface area contributed by atoms with E-state index in [9.17, 15) is 8.42 Å². The van der Waals surface area contributed by atoms with Gasteiger partial charge in [0.2, 0.25) is 10.0 Å². The second-order valence-electron chi connectivity index (χ2n) is 1.31. The number of hydrogen-bond acceptors (Lipinski definition) is 3. The third-order valence-electron chi connectivity index (χ3n) is 0.623. The summed E-state index contributed by atoms with van der Waals surface area (Å²) < 4.78 is 23.1. The van der Waals surface area contributed by atoms with Crippen molar-refractivity contribution in [2.24, 2.45) is 0 Å². The molecule has 0 aromatic heterocycles. The molecular formula is C3H7NO2S3. The minimum absolute atomic E-state index is 0.0168. The van der Waals surface area contributed by atoms with Crippen LogP contribution in [0.3, 0.4) is 0 Å². The molecule has 0 saturated carbocycles. The number of nitrogens with one attached hydrogen (secondary N) is 1. The van der Waals surface area contributed by atoms with Crippen LogP contribution in [0.5, 0.6) is 0 Å². The summed E-state index contributed by atoms with van der Waals surface area (Å²) in [4.78, 5) is 0. The highest BCUT2D eigenvalue weighted by Crippen LogP contribution is 1.85. The molecule has 54 valence electrons. The second kappa shape index (κ2) is 3.38. The fourth-order valence-corrected chi connectivity index (χ4v) is 1.41. The first-order chi connectivity index (χ1) is 3.98. The second-order valence-corrected chi connectivity index (χ2v) is 4.48. The quantitative estimate of drug-likeness (QED) is 0.475. The number of sulfonamides is 1. The normalized spacial score (nSPS) is 10.9. The van der Waals surface area contributed by atoms with Gasteiger partial charge in [-0.15, -0.1) is 12.6 Å². The highest BCUT2D eigenvalue weighted by atomic mass is 32.2. The molecule has 6 heteroatoms. The summed E-state index contributed by atoms with van der Waals surface area (Å²) in [6, 6.07) is 0. The largest absolute Gasteiger partial charge is 0.269 e. The Balaban J connectivity index is 4.06. The van der Waals surface area contributed by atoms with E-state index in [1.54, 1.807) is 0 Å². The zero-order chi connectivity index (χ0) is 7.49. The lowest BCUT2D eigenvalue weighted by Crippen LogP contribution is -2.26. The Morgan fingerprint density at radius 2 is 2.22 bits per heavy atom. The molecule has 0 saturated heterocycles. The van der Waals surface area contributed by atoms with Crippen molar-refractivity contribution >= 4 is 39.2 Å². The molecule has 0 heterocycles. The molecule has 3 nitrogen and oxygen atoms in total. The van der Waals surface area contributed by atoms with Gasteiger partial charge in [-0.1, -0.05) is 12.2 Å². The summed E-state index contributed by atoms with van der Waals surface area (Å²) in [5.74, 6) is 0.0215. The lowest BCUT2D eigenvalue weighted by Gasteiger charge is -1.99. The van der Waals surface area contributed by atoms with Crippen LogP contribution in [0.15, 0.2) is 0 Å².